The van der Waals surface area contributed by atoms with Crippen LogP contribution in [0.3, 0.4) is 0 Å². The SMILES string of the molecule is CC(C)CNCC(C(C)C)N(C)C(C)c1cccc(Cl)c1. The predicted octanol–water partition coefficient (Wildman–Crippen LogP) is 4.60. The Hall–Kier alpha value is -0.570. The quantitative estimate of drug-likeness (QED) is 0.754. The number of benzene rings is 1. The van der Waals surface area contributed by atoms with Crippen molar-refractivity contribution in [1.29, 1.82) is 0 Å². The van der Waals surface area contributed by atoms with Crippen LogP contribution in [0.5, 0.6) is 0 Å². The van der Waals surface area contributed by atoms with E-state index in [2.05, 4.69) is 64.0 Å². The summed E-state index contributed by atoms with van der Waals surface area (Å²) < 4.78 is 0. The first-order valence-electron chi connectivity index (χ1n) is 8.01. The maximum Gasteiger partial charge on any atom is 0.0409 e. The van der Waals surface area contributed by atoms with Crippen molar-refractivity contribution < 1.29 is 0 Å². The van der Waals surface area contributed by atoms with Crippen LogP contribution in [0.4, 0.5) is 0 Å². The van der Waals surface area contributed by atoms with Crippen molar-refractivity contribution in [2.75, 3.05) is 20.1 Å². The average molecular weight is 311 g/mol. The summed E-state index contributed by atoms with van der Waals surface area (Å²) in [6, 6.07) is 9.06. The van der Waals surface area contributed by atoms with Gasteiger partial charge in [-0.25, -0.2) is 0 Å². The van der Waals surface area contributed by atoms with Gasteiger partial charge in [-0.05, 0) is 50.0 Å². The van der Waals surface area contributed by atoms with Crippen LogP contribution in [0.1, 0.15) is 46.2 Å². The second-order valence-corrected chi connectivity index (χ2v) is 7.20. The molecule has 0 spiro atoms. The molecular weight excluding hydrogens is 280 g/mol. The van der Waals surface area contributed by atoms with Crippen molar-refractivity contribution in [3.8, 4) is 0 Å². The number of nitrogens with zero attached hydrogens (tertiary/aromatic N) is 1. The van der Waals surface area contributed by atoms with E-state index in [9.17, 15) is 0 Å². The van der Waals surface area contributed by atoms with Gasteiger partial charge in [-0.2, -0.15) is 0 Å². The zero-order chi connectivity index (χ0) is 16.0. The van der Waals surface area contributed by atoms with E-state index in [0.717, 1.165) is 18.1 Å². The van der Waals surface area contributed by atoms with E-state index in [4.69, 9.17) is 11.6 Å². The molecule has 0 aliphatic heterocycles. The van der Waals surface area contributed by atoms with E-state index in [1.54, 1.807) is 0 Å². The van der Waals surface area contributed by atoms with Crippen LogP contribution in [0.25, 0.3) is 0 Å². The van der Waals surface area contributed by atoms with Crippen molar-refractivity contribution in [2.24, 2.45) is 11.8 Å². The van der Waals surface area contributed by atoms with Crippen LogP contribution in [0.15, 0.2) is 24.3 Å². The van der Waals surface area contributed by atoms with Gasteiger partial charge in [-0.3, -0.25) is 4.90 Å². The van der Waals surface area contributed by atoms with Gasteiger partial charge in [0.15, 0.2) is 0 Å². The molecule has 21 heavy (non-hydrogen) atoms. The van der Waals surface area contributed by atoms with E-state index >= 15 is 0 Å². The third-order valence-electron chi connectivity index (χ3n) is 4.14. The molecule has 0 radical (unpaired) electrons. The van der Waals surface area contributed by atoms with Crippen molar-refractivity contribution in [2.45, 2.75) is 46.7 Å². The third kappa shape index (κ3) is 5.98. The summed E-state index contributed by atoms with van der Waals surface area (Å²) in [5, 5.41) is 4.41. The zero-order valence-electron chi connectivity index (χ0n) is 14.4. The monoisotopic (exact) mass is 310 g/mol. The Balaban J connectivity index is 2.73. The first-order chi connectivity index (χ1) is 9.82. The lowest BCUT2D eigenvalue weighted by Crippen LogP contribution is -2.45. The highest BCUT2D eigenvalue weighted by molar-refractivity contribution is 6.30. The smallest absolute Gasteiger partial charge is 0.0409 e. The summed E-state index contributed by atoms with van der Waals surface area (Å²) in [5.74, 6) is 1.30. The standard InChI is InChI=1S/C18H31ClN2/c1-13(2)11-20-12-18(14(3)4)21(6)15(5)16-8-7-9-17(19)10-16/h7-10,13-15,18,20H,11-12H2,1-6H3. The topological polar surface area (TPSA) is 15.3 Å². The van der Waals surface area contributed by atoms with E-state index < -0.39 is 0 Å². The molecular formula is C18H31ClN2. The summed E-state index contributed by atoms with van der Waals surface area (Å²) in [6.07, 6.45) is 0. The molecule has 1 aromatic carbocycles. The highest BCUT2D eigenvalue weighted by atomic mass is 35.5. The van der Waals surface area contributed by atoms with Crippen molar-refractivity contribution in [3.63, 3.8) is 0 Å². The Kier molecular flexibility index (Phi) is 7.72. The molecule has 1 N–H and O–H groups in total. The number of nitrogens with one attached hydrogen (secondary N) is 1. The van der Waals surface area contributed by atoms with Crippen molar-refractivity contribution in [1.82, 2.24) is 10.2 Å². The molecule has 1 rings (SSSR count). The minimum absolute atomic E-state index is 0.358. The van der Waals surface area contributed by atoms with Gasteiger partial charge >= 0.3 is 0 Å². The van der Waals surface area contributed by atoms with Gasteiger partial charge in [0.05, 0.1) is 0 Å². The largest absolute Gasteiger partial charge is 0.315 e. The van der Waals surface area contributed by atoms with Gasteiger partial charge in [-0.1, -0.05) is 51.4 Å². The third-order valence-corrected chi connectivity index (χ3v) is 4.38. The molecule has 120 valence electrons. The first-order valence-corrected chi connectivity index (χ1v) is 8.38. The van der Waals surface area contributed by atoms with Crippen LogP contribution in [0, 0.1) is 11.8 Å². The summed E-state index contributed by atoms with van der Waals surface area (Å²) in [6.45, 7) is 13.4. The maximum atomic E-state index is 6.12. The maximum absolute atomic E-state index is 6.12. The molecule has 3 heteroatoms. The van der Waals surface area contributed by atoms with Gasteiger partial charge in [0, 0.05) is 23.7 Å². The Morgan fingerprint density at radius 2 is 1.76 bits per heavy atom. The summed E-state index contributed by atoms with van der Waals surface area (Å²) in [7, 11) is 2.22. The lowest BCUT2D eigenvalue weighted by Gasteiger charge is -2.36. The van der Waals surface area contributed by atoms with Crippen LogP contribution in [-0.4, -0.2) is 31.1 Å². The summed E-state index contributed by atoms with van der Waals surface area (Å²) >= 11 is 6.12. The Morgan fingerprint density at radius 1 is 1.10 bits per heavy atom. The van der Waals surface area contributed by atoms with Crippen LogP contribution in [-0.2, 0) is 0 Å². The van der Waals surface area contributed by atoms with Crippen molar-refractivity contribution in [3.05, 3.63) is 34.9 Å². The first kappa shape index (κ1) is 18.5. The molecule has 1 aromatic rings. The number of halogens is 1. The Bertz CT molecular complexity index is 417. The van der Waals surface area contributed by atoms with Crippen LogP contribution < -0.4 is 5.32 Å². The van der Waals surface area contributed by atoms with E-state index in [1.165, 1.54) is 5.56 Å². The second kappa shape index (κ2) is 8.77. The fourth-order valence-corrected chi connectivity index (χ4v) is 2.86. The lowest BCUT2D eigenvalue weighted by molar-refractivity contribution is 0.141. The van der Waals surface area contributed by atoms with Crippen molar-refractivity contribution >= 4 is 11.6 Å². The van der Waals surface area contributed by atoms with Gasteiger partial charge in [0.25, 0.3) is 0 Å². The normalized spacial score (nSPS) is 15.0. The molecule has 2 nitrogen and oxygen atoms in total. The summed E-state index contributed by atoms with van der Waals surface area (Å²) in [4.78, 5) is 2.46. The number of rotatable bonds is 8. The molecule has 0 aliphatic carbocycles. The number of hydrogen-bond donors (Lipinski definition) is 1. The number of hydrogen-bond acceptors (Lipinski definition) is 2. The molecule has 0 amide bonds. The predicted molar refractivity (Wildman–Crippen MR) is 94.0 cm³/mol. The van der Waals surface area contributed by atoms with Gasteiger partial charge in [-0.15, -0.1) is 0 Å². The molecule has 0 heterocycles. The zero-order valence-corrected chi connectivity index (χ0v) is 15.1. The number of likely N-dealkylation sites (N-methyl/N-ethyl adjacent to an activating group) is 1. The molecule has 0 bridgehead atoms. The van der Waals surface area contributed by atoms with Gasteiger partial charge in [0.2, 0.25) is 0 Å². The molecule has 0 aromatic heterocycles. The molecule has 0 saturated heterocycles. The average Bonchev–Trinajstić information content (AvgIpc) is 2.41. The van der Waals surface area contributed by atoms with E-state index in [1.807, 2.05) is 12.1 Å². The Labute approximate surface area is 135 Å². The van der Waals surface area contributed by atoms with Gasteiger partial charge < -0.3 is 5.32 Å². The minimum Gasteiger partial charge on any atom is -0.315 e. The van der Waals surface area contributed by atoms with Gasteiger partial charge in [0.1, 0.15) is 0 Å². The summed E-state index contributed by atoms with van der Waals surface area (Å²) in [5.41, 5.74) is 1.28. The van der Waals surface area contributed by atoms with E-state index in [0.29, 0.717) is 23.9 Å². The second-order valence-electron chi connectivity index (χ2n) is 6.76. The molecule has 2 atom stereocenters. The van der Waals surface area contributed by atoms with Crippen LogP contribution >= 0.6 is 11.6 Å². The molecule has 0 fully saturated rings. The highest BCUT2D eigenvalue weighted by Crippen LogP contribution is 2.25. The lowest BCUT2D eigenvalue weighted by atomic mass is 9.98. The Morgan fingerprint density at radius 3 is 2.29 bits per heavy atom. The minimum atomic E-state index is 0.358. The fourth-order valence-electron chi connectivity index (χ4n) is 2.66. The molecule has 0 saturated carbocycles. The molecule has 0 aliphatic rings. The van der Waals surface area contributed by atoms with Crippen LogP contribution in [0.2, 0.25) is 5.02 Å². The highest BCUT2D eigenvalue weighted by Gasteiger charge is 2.23. The molecule has 2 unspecified atom stereocenters. The van der Waals surface area contributed by atoms with E-state index in [-0.39, 0.29) is 0 Å². The fraction of sp³-hybridized carbons (Fsp3) is 0.667.